The first-order valence-corrected chi connectivity index (χ1v) is 12.7. The number of hydrogen-bond donors (Lipinski definition) is 0. The van der Waals surface area contributed by atoms with Crippen molar-refractivity contribution in [3.05, 3.63) is 12.7 Å². The fourth-order valence-corrected chi connectivity index (χ4v) is 7.13. The van der Waals surface area contributed by atoms with E-state index < -0.39 is 127 Å². The minimum atomic E-state index is -7.22. The Labute approximate surface area is 246 Å². The molecule has 22 heteroatoms. The summed E-state index contributed by atoms with van der Waals surface area (Å²) in [5, 5.41) is 0. The Hall–Kier alpha value is -3.36. The molecule has 0 radical (unpaired) electrons. The van der Waals surface area contributed by atoms with Gasteiger partial charge in [-0.2, -0.15) is 61.5 Å². The number of halogens is 14. The van der Waals surface area contributed by atoms with Gasteiger partial charge in [-0.15, -0.1) is 0 Å². The highest BCUT2D eigenvalue weighted by Gasteiger charge is 2.86. The van der Waals surface area contributed by atoms with Crippen LogP contribution in [0.3, 0.4) is 0 Å². The van der Waals surface area contributed by atoms with E-state index in [-0.39, 0.29) is 6.42 Å². The first-order valence-electron chi connectivity index (χ1n) is 12.7. The second-order valence-corrected chi connectivity index (χ2v) is 11.4. The topological polar surface area (TPSA) is 105 Å². The molecule has 4 aliphatic carbocycles. The van der Waals surface area contributed by atoms with Crippen LogP contribution in [0.15, 0.2) is 12.7 Å². The van der Waals surface area contributed by atoms with Gasteiger partial charge in [-0.3, -0.25) is 0 Å². The smallest absolute Gasteiger partial charge is 0.456 e. The number of carbonyl (C=O) groups excluding carboxylic acids is 4. The van der Waals surface area contributed by atoms with Gasteiger partial charge in [-0.25, -0.2) is 19.2 Å². The molecule has 0 aromatic carbocycles. The van der Waals surface area contributed by atoms with Crippen molar-refractivity contribution in [2.75, 3.05) is 6.61 Å². The summed E-state index contributed by atoms with van der Waals surface area (Å²) in [5.41, 5.74) is -3.12. The van der Waals surface area contributed by atoms with Crippen molar-refractivity contribution in [1.29, 1.82) is 0 Å². The minimum Gasteiger partial charge on any atom is -0.456 e. The van der Waals surface area contributed by atoms with E-state index in [1.165, 1.54) is 0 Å². The molecule has 4 fully saturated rings. The maximum Gasteiger partial charge on any atom is 0.460 e. The van der Waals surface area contributed by atoms with Gasteiger partial charge in [0.2, 0.25) is 0 Å². The average molecular weight is 700 g/mol. The summed E-state index contributed by atoms with van der Waals surface area (Å²) in [6, 6.07) is 0. The lowest BCUT2D eigenvalue weighted by molar-refractivity contribution is -0.366. The summed E-state index contributed by atoms with van der Waals surface area (Å²) < 4.78 is 206. The number of alkyl halides is 14. The first kappa shape index (κ1) is 35.5. The molecule has 0 aromatic heterocycles. The van der Waals surface area contributed by atoms with Crippen LogP contribution in [0.2, 0.25) is 0 Å². The van der Waals surface area contributed by atoms with E-state index in [0.717, 1.165) is 0 Å². The molecular formula is C24H18F14O8. The van der Waals surface area contributed by atoms with Crippen molar-refractivity contribution in [2.24, 2.45) is 23.2 Å². The number of carbonyl (C=O) groups is 4. The molecule has 3 bridgehead atoms. The van der Waals surface area contributed by atoms with E-state index in [0.29, 0.717) is 6.08 Å². The van der Waals surface area contributed by atoms with Gasteiger partial charge in [0.1, 0.15) is 5.60 Å². The number of esters is 4. The highest BCUT2D eigenvalue weighted by Crippen LogP contribution is 2.81. The number of ether oxygens (including phenoxy) is 4. The Morgan fingerprint density at radius 2 is 1.09 bits per heavy atom. The van der Waals surface area contributed by atoms with Crippen LogP contribution >= 0.6 is 0 Å². The highest BCUT2D eigenvalue weighted by atomic mass is 19.4. The predicted molar refractivity (Wildman–Crippen MR) is 113 cm³/mol. The molecule has 8 nitrogen and oxygen atoms in total. The standard InChI is InChI=1S/C24H18F14O8/c1-2-12(39)43-8-13(40)44-17-6-9-3-10-4-16(9,17)5-11(7-17)18(10,45-14(41)19(25,26)21(29,30)23(33,34)35)46-15(42)20(27,28)22(31,32)24(36,37)38/h2,9-11H,1,3-8H2. The third-order valence-corrected chi connectivity index (χ3v) is 9.10. The van der Waals surface area contributed by atoms with Gasteiger partial charge >= 0.3 is 59.9 Å². The van der Waals surface area contributed by atoms with Gasteiger partial charge in [0.15, 0.2) is 6.61 Å². The van der Waals surface area contributed by atoms with Gasteiger partial charge in [0.05, 0.1) is 0 Å². The fraction of sp³-hybridized carbons (Fsp3) is 0.750. The van der Waals surface area contributed by atoms with Crippen LogP contribution in [0.1, 0.15) is 32.1 Å². The van der Waals surface area contributed by atoms with Crippen LogP contribution < -0.4 is 0 Å². The lowest BCUT2D eigenvalue weighted by Gasteiger charge is -2.57. The third-order valence-electron chi connectivity index (χ3n) is 9.10. The van der Waals surface area contributed by atoms with Crippen LogP contribution in [0.4, 0.5) is 61.5 Å². The lowest BCUT2D eigenvalue weighted by Crippen LogP contribution is -2.63. The van der Waals surface area contributed by atoms with E-state index in [4.69, 9.17) is 4.74 Å². The SMILES string of the molecule is C=CC(=O)OCC(=O)OC12CC3CC14CC(CC4C2)C3(OC(=O)C(F)(F)C(F)(F)C(F)(F)F)OC(=O)C(F)(F)C(F)(F)C(F)(F)F. The van der Waals surface area contributed by atoms with E-state index >= 15 is 0 Å². The Bertz CT molecular complexity index is 1280. The Morgan fingerprint density at radius 3 is 1.52 bits per heavy atom. The fourth-order valence-electron chi connectivity index (χ4n) is 7.13. The molecule has 1 spiro atoms. The van der Waals surface area contributed by atoms with Crippen LogP contribution in [0.5, 0.6) is 0 Å². The molecule has 4 aliphatic rings. The molecule has 0 saturated heterocycles. The summed E-state index contributed by atoms with van der Waals surface area (Å²) in [4.78, 5) is 48.3. The quantitative estimate of drug-likeness (QED) is 0.0997. The first-order chi connectivity index (χ1) is 20.6. The summed E-state index contributed by atoms with van der Waals surface area (Å²) in [7, 11) is 0. The van der Waals surface area contributed by atoms with Crippen molar-refractivity contribution in [3.63, 3.8) is 0 Å². The summed E-state index contributed by atoms with van der Waals surface area (Å²) in [6.45, 7) is 1.98. The van der Waals surface area contributed by atoms with Crippen molar-refractivity contribution in [3.8, 4) is 0 Å². The van der Waals surface area contributed by atoms with Gasteiger partial charge in [0.25, 0.3) is 5.79 Å². The second-order valence-electron chi connectivity index (χ2n) is 11.4. The highest BCUT2D eigenvalue weighted by molar-refractivity contribution is 5.84. The molecule has 0 amide bonds. The second kappa shape index (κ2) is 10.1. The molecular weight excluding hydrogens is 682 g/mol. The zero-order valence-corrected chi connectivity index (χ0v) is 22.3. The molecule has 5 unspecified atom stereocenters. The normalized spacial score (nSPS) is 30.2. The zero-order valence-electron chi connectivity index (χ0n) is 22.3. The summed E-state index contributed by atoms with van der Waals surface area (Å²) >= 11 is 0. The predicted octanol–water partition coefficient (Wildman–Crippen LogP) is 5.29. The third kappa shape index (κ3) is 4.61. The van der Waals surface area contributed by atoms with Gasteiger partial charge < -0.3 is 18.9 Å². The maximum absolute atomic E-state index is 14.3. The Morgan fingerprint density at radius 1 is 0.652 bits per heavy atom. The summed E-state index contributed by atoms with van der Waals surface area (Å²) in [6.07, 6.45) is -16.7. The molecule has 46 heavy (non-hydrogen) atoms. The number of hydrogen-bond acceptors (Lipinski definition) is 8. The van der Waals surface area contributed by atoms with Crippen molar-refractivity contribution in [1.82, 2.24) is 0 Å². The number of fused-ring (bicyclic) bond motifs is 2. The van der Waals surface area contributed by atoms with Crippen molar-refractivity contribution in [2.45, 2.75) is 79.5 Å². The van der Waals surface area contributed by atoms with Gasteiger partial charge in [-0.05, 0) is 38.0 Å². The minimum absolute atomic E-state index is 0.135. The molecule has 0 aliphatic heterocycles. The Balaban J connectivity index is 1.76. The van der Waals surface area contributed by atoms with Gasteiger partial charge in [0, 0.05) is 23.3 Å². The van der Waals surface area contributed by atoms with Crippen molar-refractivity contribution < 1.29 is 99.6 Å². The molecule has 0 aromatic rings. The number of rotatable bonds is 10. The molecule has 4 saturated carbocycles. The van der Waals surface area contributed by atoms with E-state index in [9.17, 15) is 80.6 Å². The maximum atomic E-state index is 14.3. The molecule has 4 rings (SSSR count). The van der Waals surface area contributed by atoms with Crippen LogP contribution in [0.25, 0.3) is 0 Å². The van der Waals surface area contributed by atoms with Crippen LogP contribution in [0, 0.1) is 23.2 Å². The lowest BCUT2D eigenvalue weighted by atomic mass is 9.52. The van der Waals surface area contributed by atoms with E-state index in [1.54, 1.807) is 0 Å². The molecule has 0 N–H and O–H groups in total. The zero-order chi connectivity index (χ0) is 35.3. The largest absolute Gasteiger partial charge is 0.460 e. The van der Waals surface area contributed by atoms with E-state index in [1.807, 2.05) is 0 Å². The van der Waals surface area contributed by atoms with Crippen molar-refractivity contribution >= 4 is 23.9 Å². The molecule has 5 atom stereocenters. The summed E-state index contributed by atoms with van der Waals surface area (Å²) in [5.74, 6) is -47.0. The molecule has 260 valence electrons. The van der Waals surface area contributed by atoms with Crippen LogP contribution in [-0.2, 0) is 38.1 Å². The van der Waals surface area contributed by atoms with E-state index in [2.05, 4.69) is 20.8 Å². The van der Waals surface area contributed by atoms with Gasteiger partial charge in [-0.1, -0.05) is 6.58 Å². The molecule has 0 heterocycles. The Kier molecular flexibility index (Phi) is 7.77. The average Bonchev–Trinajstić information content (AvgIpc) is 3.30. The van der Waals surface area contributed by atoms with Crippen LogP contribution in [-0.4, -0.2) is 77.9 Å². The monoisotopic (exact) mass is 700 g/mol.